The average molecular weight is 453 g/mol. The number of rotatable bonds is 6. The molecule has 1 rings (SSSR count). The summed E-state index contributed by atoms with van der Waals surface area (Å²) in [5.74, 6) is 1.40. The zero-order valence-electron chi connectivity index (χ0n) is 14.5. The van der Waals surface area contributed by atoms with E-state index in [0.29, 0.717) is 17.4 Å². The van der Waals surface area contributed by atoms with Crippen LogP contribution in [0.5, 0.6) is 0 Å². The molecule has 0 amide bonds. The Morgan fingerprint density at radius 3 is 2.39 bits per heavy atom. The Bertz CT molecular complexity index is 628. The van der Waals surface area contributed by atoms with Crippen molar-refractivity contribution in [2.75, 3.05) is 19.8 Å². The molecule has 23 heavy (non-hydrogen) atoms. The van der Waals surface area contributed by atoms with Crippen molar-refractivity contribution in [2.45, 2.75) is 38.6 Å². The molecule has 0 aliphatic carbocycles. The Morgan fingerprint density at radius 2 is 1.91 bits per heavy atom. The minimum Gasteiger partial charge on any atom is -0.356 e. The van der Waals surface area contributed by atoms with Gasteiger partial charge in [0.25, 0.3) is 0 Å². The van der Waals surface area contributed by atoms with E-state index in [1.54, 1.807) is 13.1 Å². The molecule has 0 radical (unpaired) electrons. The number of hydrogen-bond donors (Lipinski definition) is 2. The van der Waals surface area contributed by atoms with Crippen LogP contribution in [-0.2, 0) is 16.4 Å². The third-order valence-electron chi connectivity index (χ3n) is 3.34. The third kappa shape index (κ3) is 8.01. The van der Waals surface area contributed by atoms with Crippen LogP contribution in [0.3, 0.4) is 0 Å². The molecule has 0 unspecified atom stereocenters. The fourth-order valence-corrected chi connectivity index (χ4v) is 3.08. The highest BCUT2D eigenvalue weighted by atomic mass is 127. The van der Waals surface area contributed by atoms with Crippen LogP contribution in [-0.4, -0.2) is 34.2 Å². The lowest BCUT2D eigenvalue weighted by Gasteiger charge is -2.13. The number of sulfone groups is 1. The number of halogens is 1. The van der Waals surface area contributed by atoms with Gasteiger partial charge in [-0.3, -0.25) is 4.99 Å². The Hall–Kier alpha value is -0.830. The number of aryl methyl sites for hydroxylation is 1. The van der Waals surface area contributed by atoms with Crippen molar-refractivity contribution in [1.29, 1.82) is 0 Å². The van der Waals surface area contributed by atoms with Gasteiger partial charge < -0.3 is 10.6 Å². The van der Waals surface area contributed by atoms with E-state index in [0.717, 1.165) is 30.1 Å². The molecule has 1 aromatic carbocycles. The van der Waals surface area contributed by atoms with Gasteiger partial charge in [0.1, 0.15) is 0 Å². The first kappa shape index (κ1) is 22.2. The lowest BCUT2D eigenvalue weighted by atomic mass is 10.1. The van der Waals surface area contributed by atoms with E-state index >= 15 is 0 Å². The van der Waals surface area contributed by atoms with Gasteiger partial charge in [-0.25, -0.2) is 8.42 Å². The summed E-state index contributed by atoms with van der Waals surface area (Å²) in [6, 6.07) is 5.39. The van der Waals surface area contributed by atoms with Crippen LogP contribution in [0.1, 0.15) is 31.4 Å². The Morgan fingerprint density at radius 1 is 1.26 bits per heavy atom. The predicted molar refractivity (Wildman–Crippen MR) is 107 cm³/mol. The minimum atomic E-state index is -3.16. The fourth-order valence-electron chi connectivity index (χ4n) is 2.12. The predicted octanol–water partition coefficient (Wildman–Crippen LogP) is 2.73. The van der Waals surface area contributed by atoms with Gasteiger partial charge in [-0.1, -0.05) is 26.0 Å². The molecule has 0 heterocycles. The van der Waals surface area contributed by atoms with E-state index in [1.165, 1.54) is 6.26 Å². The van der Waals surface area contributed by atoms with Crippen molar-refractivity contribution in [3.63, 3.8) is 0 Å². The number of aliphatic imine (C=N–C) groups is 1. The van der Waals surface area contributed by atoms with Crippen molar-refractivity contribution >= 4 is 39.8 Å². The summed E-state index contributed by atoms with van der Waals surface area (Å²) in [5, 5.41) is 6.50. The summed E-state index contributed by atoms with van der Waals surface area (Å²) in [6.45, 7) is 7.67. The highest BCUT2D eigenvalue weighted by Gasteiger charge is 2.10. The molecule has 7 heteroatoms. The van der Waals surface area contributed by atoms with Crippen molar-refractivity contribution in [2.24, 2.45) is 10.9 Å². The molecule has 0 bridgehead atoms. The molecule has 0 saturated heterocycles. The van der Waals surface area contributed by atoms with E-state index in [9.17, 15) is 8.42 Å². The summed E-state index contributed by atoms with van der Waals surface area (Å²) in [6.07, 6.45) is 2.32. The quantitative estimate of drug-likeness (QED) is 0.395. The van der Waals surface area contributed by atoms with Gasteiger partial charge in [0.05, 0.1) is 4.90 Å². The molecule has 1 aromatic rings. The van der Waals surface area contributed by atoms with Crippen molar-refractivity contribution in [3.05, 3.63) is 29.3 Å². The molecule has 132 valence electrons. The van der Waals surface area contributed by atoms with Crippen molar-refractivity contribution in [3.8, 4) is 0 Å². The van der Waals surface area contributed by atoms with E-state index < -0.39 is 9.84 Å². The molecule has 0 saturated carbocycles. The molecular weight excluding hydrogens is 425 g/mol. The topological polar surface area (TPSA) is 70.6 Å². The summed E-state index contributed by atoms with van der Waals surface area (Å²) in [4.78, 5) is 4.56. The second kappa shape index (κ2) is 10.1. The summed E-state index contributed by atoms with van der Waals surface area (Å²) >= 11 is 0. The molecule has 0 aromatic heterocycles. The van der Waals surface area contributed by atoms with Gasteiger partial charge in [0, 0.05) is 26.4 Å². The zero-order valence-corrected chi connectivity index (χ0v) is 17.7. The van der Waals surface area contributed by atoms with E-state index in [4.69, 9.17) is 0 Å². The maximum atomic E-state index is 11.6. The van der Waals surface area contributed by atoms with Crippen LogP contribution in [0.25, 0.3) is 0 Å². The van der Waals surface area contributed by atoms with Gasteiger partial charge in [-0.2, -0.15) is 0 Å². The summed E-state index contributed by atoms with van der Waals surface area (Å²) in [5.41, 5.74) is 1.79. The highest BCUT2D eigenvalue weighted by Crippen LogP contribution is 2.16. The molecule has 0 fully saturated rings. The van der Waals surface area contributed by atoms with Gasteiger partial charge >= 0.3 is 0 Å². The molecule has 0 atom stereocenters. The van der Waals surface area contributed by atoms with E-state index in [2.05, 4.69) is 29.5 Å². The summed E-state index contributed by atoms with van der Waals surface area (Å²) in [7, 11) is -1.42. The van der Waals surface area contributed by atoms with Crippen LogP contribution in [0.4, 0.5) is 0 Å². The number of nitrogens with one attached hydrogen (secondary N) is 2. The van der Waals surface area contributed by atoms with Gasteiger partial charge in [-0.05, 0) is 36.5 Å². The first-order valence-corrected chi connectivity index (χ1v) is 9.37. The largest absolute Gasteiger partial charge is 0.356 e. The summed E-state index contributed by atoms with van der Waals surface area (Å²) < 4.78 is 23.2. The third-order valence-corrected chi connectivity index (χ3v) is 4.59. The molecule has 5 nitrogen and oxygen atoms in total. The monoisotopic (exact) mass is 453 g/mol. The number of hydrogen-bond acceptors (Lipinski definition) is 3. The normalized spacial score (nSPS) is 12.0. The average Bonchev–Trinajstić information content (AvgIpc) is 2.40. The molecular formula is C16H28IN3O2S. The van der Waals surface area contributed by atoms with E-state index in [-0.39, 0.29) is 24.0 Å². The number of guanidine groups is 1. The first-order chi connectivity index (χ1) is 10.2. The van der Waals surface area contributed by atoms with Crippen LogP contribution < -0.4 is 10.6 Å². The first-order valence-electron chi connectivity index (χ1n) is 7.48. The molecule has 0 spiro atoms. The van der Waals surface area contributed by atoms with Gasteiger partial charge in [-0.15, -0.1) is 24.0 Å². The highest BCUT2D eigenvalue weighted by molar-refractivity contribution is 14.0. The van der Waals surface area contributed by atoms with Crippen LogP contribution in [0.15, 0.2) is 28.1 Å². The maximum Gasteiger partial charge on any atom is 0.191 e. The Labute approximate surface area is 157 Å². The lowest BCUT2D eigenvalue weighted by Crippen LogP contribution is -2.37. The van der Waals surface area contributed by atoms with Crippen LogP contribution in [0, 0.1) is 12.8 Å². The van der Waals surface area contributed by atoms with Crippen LogP contribution >= 0.6 is 24.0 Å². The zero-order chi connectivity index (χ0) is 16.8. The number of benzene rings is 1. The second-order valence-corrected chi connectivity index (χ2v) is 7.89. The fraction of sp³-hybridized carbons (Fsp3) is 0.562. The Balaban J connectivity index is 0.00000484. The maximum absolute atomic E-state index is 11.6. The molecule has 0 aliphatic heterocycles. The van der Waals surface area contributed by atoms with Crippen molar-refractivity contribution < 1.29 is 8.42 Å². The van der Waals surface area contributed by atoms with Crippen LogP contribution in [0.2, 0.25) is 0 Å². The molecule has 0 aliphatic rings. The number of nitrogens with zero attached hydrogens (tertiary/aromatic N) is 1. The van der Waals surface area contributed by atoms with Gasteiger partial charge in [0.2, 0.25) is 0 Å². The molecule has 2 N–H and O–H groups in total. The smallest absolute Gasteiger partial charge is 0.191 e. The standard InChI is InChI=1S/C16H27N3O2S.HI/c1-12(2)8-9-18-16(17-4)19-11-14-6-7-15(13(3)10-14)22(5,20)21;/h6-7,10,12H,8-9,11H2,1-5H3,(H2,17,18,19);1H. The lowest BCUT2D eigenvalue weighted by molar-refractivity contribution is 0.573. The SMILES string of the molecule is CN=C(NCCC(C)C)NCc1ccc(S(C)(=O)=O)c(C)c1.I. The van der Waals surface area contributed by atoms with Crippen molar-refractivity contribution in [1.82, 2.24) is 10.6 Å². The van der Waals surface area contributed by atoms with Gasteiger partial charge in [0.15, 0.2) is 15.8 Å². The van der Waals surface area contributed by atoms with E-state index in [1.807, 2.05) is 19.1 Å². The Kier molecular flexibility index (Phi) is 9.76. The minimum absolute atomic E-state index is 0. The second-order valence-electron chi connectivity index (χ2n) is 5.91.